The topological polar surface area (TPSA) is 88.3 Å². The molecule has 0 atom stereocenters. The highest BCUT2D eigenvalue weighted by Crippen LogP contribution is 2.33. The van der Waals surface area contributed by atoms with E-state index in [1.807, 2.05) is 18.7 Å². The van der Waals surface area contributed by atoms with Crippen LogP contribution in [0.3, 0.4) is 0 Å². The highest BCUT2D eigenvalue weighted by atomic mass is 127. The Hall–Kier alpha value is -1.78. The van der Waals surface area contributed by atoms with Crippen molar-refractivity contribution >= 4 is 34.5 Å². The average molecular weight is 482 g/mol. The second-order valence-electron chi connectivity index (χ2n) is 7.48. The molecule has 0 spiro atoms. The number of halogens is 1. The Morgan fingerprint density at radius 1 is 1.19 bits per heavy atom. The van der Waals surface area contributed by atoms with Crippen LogP contribution in [-0.4, -0.2) is 56.1 Å². The summed E-state index contributed by atoms with van der Waals surface area (Å²) in [5.41, 5.74) is 0.434. The van der Waals surface area contributed by atoms with Gasteiger partial charge >= 0.3 is 6.01 Å². The third-order valence-corrected chi connectivity index (χ3v) is 5.65. The molecule has 144 valence electrons. The molecule has 1 saturated carbocycles. The van der Waals surface area contributed by atoms with E-state index in [1.54, 1.807) is 12.4 Å². The molecule has 8 nitrogen and oxygen atoms in total. The maximum absolute atomic E-state index is 13.0. The van der Waals surface area contributed by atoms with Crippen LogP contribution in [-0.2, 0) is 0 Å². The zero-order chi connectivity index (χ0) is 19.0. The summed E-state index contributed by atoms with van der Waals surface area (Å²) in [5.74, 6) is 0.983. The Kier molecular flexibility index (Phi) is 5.29. The quantitative estimate of drug-likeness (QED) is 0.606. The van der Waals surface area contributed by atoms with Crippen molar-refractivity contribution in [1.29, 1.82) is 0 Å². The van der Waals surface area contributed by atoms with Gasteiger partial charge in [0.2, 0.25) is 0 Å². The van der Waals surface area contributed by atoms with Crippen molar-refractivity contribution in [3.8, 4) is 0 Å². The van der Waals surface area contributed by atoms with E-state index in [-0.39, 0.29) is 17.9 Å². The lowest BCUT2D eigenvalue weighted by Gasteiger charge is -2.38. The van der Waals surface area contributed by atoms with Crippen molar-refractivity contribution in [3.05, 3.63) is 27.6 Å². The van der Waals surface area contributed by atoms with E-state index in [2.05, 4.69) is 47.6 Å². The first kappa shape index (κ1) is 18.6. The predicted octanol–water partition coefficient (Wildman–Crippen LogP) is 2.86. The maximum Gasteiger partial charge on any atom is 0.324 e. The van der Waals surface area contributed by atoms with E-state index in [4.69, 9.17) is 4.52 Å². The van der Waals surface area contributed by atoms with Crippen LogP contribution in [0.4, 0.5) is 6.01 Å². The Balaban J connectivity index is 1.43. The maximum atomic E-state index is 13.0. The van der Waals surface area contributed by atoms with Gasteiger partial charge in [-0.1, -0.05) is 19.0 Å². The second kappa shape index (κ2) is 7.69. The molecule has 1 aliphatic heterocycles. The van der Waals surface area contributed by atoms with Crippen molar-refractivity contribution in [2.75, 3.05) is 18.0 Å². The normalized spacial score (nSPS) is 18.1. The van der Waals surface area contributed by atoms with Gasteiger partial charge in [0.05, 0.1) is 12.4 Å². The number of rotatable bonds is 5. The van der Waals surface area contributed by atoms with Crippen LogP contribution in [0, 0.1) is 3.70 Å². The van der Waals surface area contributed by atoms with Gasteiger partial charge in [0.25, 0.3) is 5.91 Å². The molecular formula is C18H23IN6O2. The van der Waals surface area contributed by atoms with Crippen molar-refractivity contribution in [1.82, 2.24) is 25.0 Å². The van der Waals surface area contributed by atoms with E-state index >= 15 is 0 Å². The van der Waals surface area contributed by atoms with Crippen LogP contribution in [0.5, 0.6) is 0 Å². The highest BCUT2D eigenvalue weighted by Gasteiger charge is 2.40. The van der Waals surface area contributed by atoms with E-state index < -0.39 is 0 Å². The fourth-order valence-electron chi connectivity index (χ4n) is 3.46. The Morgan fingerprint density at radius 2 is 1.89 bits per heavy atom. The number of anilines is 1. The first-order valence-electron chi connectivity index (χ1n) is 9.41. The van der Waals surface area contributed by atoms with Gasteiger partial charge in [0, 0.05) is 31.1 Å². The molecule has 0 N–H and O–H groups in total. The van der Waals surface area contributed by atoms with E-state index in [9.17, 15) is 4.79 Å². The summed E-state index contributed by atoms with van der Waals surface area (Å²) in [6, 6.07) is 1.14. The molecule has 2 fully saturated rings. The number of piperidine rings is 1. The number of carbonyl (C=O) groups is 1. The van der Waals surface area contributed by atoms with Gasteiger partial charge in [0.1, 0.15) is 9.39 Å². The SMILES string of the molecule is CC(C)c1noc(N2CCC(N(C(=O)c3cnc(I)cn3)C3CC3)CC2)n1. The third kappa shape index (κ3) is 4.07. The Bertz CT molecular complexity index is 796. The van der Waals surface area contributed by atoms with Crippen LogP contribution in [0.1, 0.15) is 61.8 Å². The Morgan fingerprint density at radius 3 is 2.44 bits per heavy atom. The molecule has 3 heterocycles. The summed E-state index contributed by atoms with van der Waals surface area (Å²) in [5, 5.41) is 4.05. The minimum absolute atomic E-state index is 0.000246. The monoisotopic (exact) mass is 482 g/mol. The zero-order valence-electron chi connectivity index (χ0n) is 15.5. The lowest BCUT2D eigenvalue weighted by molar-refractivity contribution is 0.0622. The number of hydrogen-bond donors (Lipinski definition) is 0. The average Bonchev–Trinajstić information content (AvgIpc) is 3.37. The van der Waals surface area contributed by atoms with Crippen molar-refractivity contribution < 1.29 is 9.32 Å². The molecule has 2 aromatic rings. The molecule has 1 amide bonds. The number of nitrogens with zero attached hydrogens (tertiary/aromatic N) is 6. The first-order valence-corrected chi connectivity index (χ1v) is 10.5. The molecule has 2 aliphatic rings. The third-order valence-electron chi connectivity index (χ3n) is 5.09. The molecule has 0 aromatic carbocycles. The molecule has 9 heteroatoms. The number of aromatic nitrogens is 4. The van der Waals surface area contributed by atoms with Crippen LogP contribution in [0.15, 0.2) is 16.9 Å². The molecule has 0 bridgehead atoms. The zero-order valence-corrected chi connectivity index (χ0v) is 17.7. The fraction of sp³-hybridized carbons (Fsp3) is 0.611. The molecule has 4 rings (SSSR count). The molecule has 27 heavy (non-hydrogen) atoms. The van der Waals surface area contributed by atoms with Gasteiger partial charge in [-0.05, 0) is 48.3 Å². The van der Waals surface area contributed by atoms with E-state index in [0.717, 1.165) is 48.3 Å². The summed E-state index contributed by atoms with van der Waals surface area (Å²) < 4.78 is 6.20. The summed E-state index contributed by atoms with van der Waals surface area (Å²) in [6.45, 7) is 5.71. The van der Waals surface area contributed by atoms with Crippen LogP contribution in [0.25, 0.3) is 0 Å². The Labute approximate surface area is 171 Å². The standard InChI is InChI=1S/C18H23IN6O2/c1-11(2)16-22-18(27-23-16)24-7-5-13(6-8-24)25(12-3-4-12)17(26)14-9-21-15(19)10-20-14/h9-13H,3-8H2,1-2H3. The van der Waals surface area contributed by atoms with Crippen molar-refractivity contribution in [2.45, 2.75) is 57.5 Å². The van der Waals surface area contributed by atoms with Crippen molar-refractivity contribution in [3.63, 3.8) is 0 Å². The first-order chi connectivity index (χ1) is 13.0. The predicted molar refractivity (Wildman–Crippen MR) is 108 cm³/mol. The fourth-order valence-corrected chi connectivity index (χ4v) is 3.74. The molecular weight excluding hydrogens is 459 g/mol. The molecule has 1 saturated heterocycles. The lowest BCUT2D eigenvalue weighted by Crippen LogP contribution is -2.48. The van der Waals surface area contributed by atoms with Gasteiger partial charge < -0.3 is 14.3 Å². The van der Waals surface area contributed by atoms with E-state index in [1.165, 1.54) is 0 Å². The summed E-state index contributed by atoms with van der Waals surface area (Å²) in [4.78, 5) is 30.2. The second-order valence-corrected chi connectivity index (χ2v) is 8.58. The van der Waals surface area contributed by atoms with Crippen LogP contribution >= 0.6 is 22.6 Å². The highest BCUT2D eigenvalue weighted by molar-refractivity contribution is 14.1. The van der Waals surface area contributed by atoms with Gasteiger partial charge in [-0.2, -0.15) is 4.98 Å². The van der Waals surface area contributed by atoms with Gasteiger partial charge in [-0.25, -0.2) is 9.97 Å². The number of hydrogen-bond acceptors (Lipinski definition) is 7. The lowest BCUT2D eigenvalue weighted by atomic mass is 10.0. The summed E-state index contributed by atoms with van der Waals surface area (Å²) in [6.07, 6.45) is 7.15. The smallest absolute Gasteiger partial charge is 0.324 e. The molecule has 0 unspecified atom stereocenters. The van der Waals surface area contributed by atoms with Gasteiger partial charge in [-0.3, -0.25) is 4.79 Å². The van der Waals surface area contributed by atoms with Crippen molar-refractivity contribution in [2.24, 2.45) is 0 Å². The minimum atomic E-state index is -0.000246. The summed E-state index contributed by atoms with van der Waals surface area (Å²) in [7, 11) is 0. The minimum Gasteiger partial charge on any atom is -0.331 e. The van der Waals surface area contributed by atoms with Gasteiger partial charge in [-0.15, -0.1) is 0 Å². The molecule has 1 aliphatic carbocycles. The molecule has 0 radical (unpaired) electrons. The summed E-state index contributed by atoms with van der Waals surface area (Å²) >= 11 is 2.10. The molecule has 2 aromatic heterocycles. The van der Waals surface area contributed by atoms with Gasteiger partial charge in [0.15, 0.2) is 5.82 Å². The van der Waals surface area contributed by atoms with Crippen LogP contribution < -0.4 is 4.90 Å². The van der Waals surface area contributed by atoms with E-state index in [0.29, 0.717) is 17.8 Å². The largest absolute Gasteiger partial charge is 0.331 e. The number of carbonyl (C=O) groups excluding carboxylic acids is 1. The number of amides is 1. The van der Waals surface area contributed by atoms with Crippen LogP contribution in [0.2, 0.25) is 0 Å².